The molecular weight excluding hydrogens is 1310 g/mol. The minimum absolute atomic E-state index is 0.107. The van der Waals surface area contributed by atoms with Crippen LogP contribution in [0.1, 0.15) is 427 Å². The van der Waals surface area contributed by atoms with Gasteiger partial charge in [0.2, 0.25) is 0 Å². The molecule has 0 amide bonds. The van der Waals surface area contributed by atoms with Crippen LogP contribution in [0.5, 0.6) is 0 Å². The van der Waals surface area contributed by atoms with Crippen LogP contribution in [0.4, 0.5) is 0 Å². The number of hydrogen-bond acceptors (Lipinski definition) is 15. The number of carbonyl (C=O) groups is 4. The number of phosphoric acid groups is 2. The molecule has 594 valence electrons. The van der Waals surface area contributed by atoms with Crippen molar-refractivity contribution in [3.05, 3.63) is 0 Å². The monoisotopic (exact) mass is 1470 g/mol. The van der Waals surface area contributed by atoms with Gasteiger partial charge in [-0.25, -0.2) is 9.13 Å². The van der Waals surface area contributed by atoms with Gasteiger partial charge in [-0.05, 0) is 37.5 Å². The Balaban J connectivity index is 5.24. The number of aliphatic hydroxyl groups excluding tert-OH is 1. The van der Waals surface area contributed by atoms with Gasteiger partial charge in [0.1, 0.15) is 19.3 Å². The van der Waals surface area contributed by atoms with Crippen LogP contribution >= 0.6 is 15.6 Å². The van der Waals surface area contributed by atoms with Gasteiger partial charge >= 0.3 is 39.5 Å². The van der Waals surface area contributed by atoms with Gasteiger partial charge in [-0.2, -0.15) is 0 Å². The molecule has 0 aliphatic heterocycles. The minimum Gasteiger partial charge on any atom is -0.462 e. The van der Waals surface area contributed by atoms with Crippen molar-refractivity contribution in [3.8, 4) is 0 Å². The van der Waals surface area contributed by atoms with E-state index in [0.717, 1.165) is 102 Å². The lowest BCUT2D eigenvalue weighted by atomic mass is 10.0. The molecule has 0 aromatic heterocycles. The van der Waals surface area contributed by atoms with Gasteiger partial charge in [0.25, 0.3) is 0 Å². The topological polar surface area (TPSA) is 237 Å². The predicted octanol–water partition coefficient (Wildman–Crippen LogP) is 24.3. The van der Waals surface area contributed by atoms with Crippen LogP contribution in [-0.2, 0) is 65.4 Å². The van der Waals surface area contributed by atoms with E-state index in [9.17, 15) is 43.2 Å². The average molecular weight is 1470 g/mol. The first-order valence-electron chi connectivity index (χ1n) is 42.0. The van der Waals surface area contributed by atoms with E-state index in [2.05, 4.69) is 41.5 Å². The molecule has 0 saturated carbocycles. The van der Waals surface area contributed by atoms with Crippen molar-refractivity contribution in [1.82, 2.24) is 0 Å². The van der Waals surface area contributed by atoms with Gasteiger partial charge in [-0.15, -0.1) is 0 Å². The van der Waals surface area contributed by atoms with E-state index < -0.39 is 97.5 Å². The zero-order chi connectivity index (χ0) is 73.5. The molecule has 2 unspecified atom stereocenters. The largest absolute Gasteiger partial charge is 0.472 e. The molecule has 0 aromatic rings. The van der Waals surface area contributed by atoms with Crippen molar-refractivity contribution < 1.29 is 80.2 Å². The summed E-state index contributed by atoms with van der Waals surface area (Å²) in [7, 11) is -9.92. The highest BCUT2D eigenvalue weighted by Gasteiger charge is 2.30. The lowest BCUT2D eigenvalue weighted by Crippen LogP contribution is -2.30. The summed E-state index contributed by atoms with van der Waals surface area (Å²) in [5, 5.41) is 10.6. The van der Waals surface area contributed by atoms with E-state index in [1.807, 2.05) is 0 Å². The molecule has 5 atom stereocenters. The van der Waals surface area contributed by atoms with Crippen LogP contribution in [0.3, 0.4) is 0 Å². The Morgan fingerprint density at radius 2 is 0.460 bits per heavy atom. The molecule has 0 rings (SSSR count). The number of hydrogen-bond donors (Lipinski definition) is 3. The zero-order valence-electron chi connectivity index (χ0n) is 65.5. The molecular formula is C81H158O17P2. The number of unbranched alkanes of at least 4 members (excludes halogenated alkanes) is 50. The highest BCUT2D eigenvalue weighted by Crippen LogP contribution is 2.45. The second-order valence-electron chi connectivity index (χ2n) is 30.1. The van der Waals surface area contributed by atoms with Crippen LogP contribution in [0.2, 0.25) is 0 Å². The quantitative estimate of drug-likeness (QED) is 0.0222. The first-order valence-corrected chi connectivity index (χ1v) is 45.0. The molecule has 0 aliphatic carbocycles. The van der Waals surface area contributed by atoms with Gasteiger partial charge in [-0.1, -0.05) is 375 Å². The van der Waals surface area contributed by atoms with E-state index in [1.165, 1.54) is 244 Å². The van der Waals surface area contributed by atoms with Gasteiger partial charge in [0.05, 0.1) is 26.4 Å². The Hall–Kier alpha value is -1.94. The van der Waals surface area contributed by atoms with E-state index in [4.69, 9.17) is 37.0 Å². The summed E-state index contributed by atoms with van der Waals surface area (Å²) in [6.45, 7) is 9.66. The maximum atomic E-state index is 13.1. The Morgan fingerprint density at radius 1 is 0.270 bits per heavy atom. The summed E-state index contributed by atoms with van der Waals surface area (Å²) in [4.78, 5) is 73.0. The van der Waals surface area contributed by atoms with Crippen LogP contribution in [0.25, 0.3) is 0 Å². The maximum absolute atomic E-state index is 13.1. The summed E-state index contributed by atoms with van der Waals surface area (Å²) >= 11 is 0. The summed E-state index contributed by atoms with van der Waals surface area (Å²) in [5.41, 5.74) is 0. The fourth-order valence-corrected chi connectivity index (χ4v) is 14.1. The molecule has 3 N–H and O–H groups in total. The molecule has 0 aliphatic rings. The van der Waals surface area contributed by atoms with Crippen LogP contribution in [0, 0.1) is 11.8 Å². The molecule has 0 aromatic carbocycles. The van der Waals surface area contributed by atoms with Crippen molar-refractivity contribution >= 4 is 39.5 Å². The van der Waals surface area contributed by atoms with Crippen LogP contribution in [-0.4, -0.2) is 96.7 Å². The molecule has 19 heteroatoms. The fraction of sp³-hybridized carbons (Fsp3) is 0.951. The summed E-state index contributed by atoms with van der Waals surface area (Å²) in [6, 6.07) is 0. The van der Waals surface area contributed by atoms with Crippen molar-refractivity contribution in [2.75, 3.05) is 39.6 Å². The third-order valence-corrected chi connectivity index (χ3v) is 20.9. The molecule has 0 spiro atoms. The van der Waals surface area contributed by atoms with Crippen molar-refractivity contribution in [1.29, 1.82) is 0 Å². The number of esters is 4. The molecule has 0 fully saturated rings. The number of ether oxygens (including phenoxy) is 4. The van der Waals surface area contributed by atoms with E-state index in [0.29, 0.717) is 25.7 Å². The average Bonchev–Trinajstić information content (AvgIpc) is 0.929. The number of carbonyl (C=O) groups excluding carboxylic acids is 4. The van der Waals surface area contributed by atoms with Gasteiger partial charge in [-0.3, -0.25) is 37.3 Å². The first-order chi connectivity index (χ1) is 48.4. The molecule has 0 bridgehead atoms. The third kappa shape index (κ3) is 74.3. The molecule has 17 nitrogen and oxygen atoms in total. The number of aliphatic hydroxyl groups is 1. The Labute approximate surface area is 613 Å². The Bertz CT molecular complexity index is 1920. The van der Waals surface area contributed by atoms with Gasteiger partial charge in [0, 0.05) is 25.7 Å². The second-order valence-corrected chi connectivity index (χ2v) is 33.0. The summed E-state index contributed by atoms with van der Waals surface area (Å²) < 4.78 is 68.7. The Kier molecular flexibility index (Phi) is 71.2. The van der Waals surface area contributed by atoms with Gasteiger partial charge < -0.3 is 33.8 Å². The zero-order valence-corrected chi connectivity index (χ0v) is 67.3. The van der Waals surface area contributed by atoms with Crippen molar-refractivity contribution in [2.24, 2.45) is 11.8 Å². The number of phosphoric ester groups is 2. The molecule has 0 heterocycles. The molecule has 100 heavy (non-hydrogen) atoms. The summed E-state index contributed by atoms with van der Waals surface area (Å²) in [6.07, 6.45) is 62.4. The number of rotatable bonds is 80. The predicted molar refractivity (Wildman–Crippen MR) is 409 cm³/mol. The minimum atomic E-state index is -4.96. The SMILES string of the molecule is CCCCCCCCCCCCCCCCCCCCC(=O)OC[C@H](COP(=O)(O)OC[C@@H](O)COP(=O)(O)OC[C@@H](COC(=O)CCCCCCCCCCCC)OC(=O)CCCCCCCCCCCCCC(C)C)OC(=O)CCCCCCCCCCCCCCCCCC(C)C. The second kappa shape index (κ2) is 72.6. The lowest BCUT2D eigenvalue weighted by Gasteiger charge is -2.21. The molecule has 0 radical (unpaired) electrons. The smallest absolute Gasteiger partial charge is 0.462 e. The van der Waals surface area contributed by atoms with Crippen molar-refractivity contribution in [2.45, 2.75) is 445 Å². The lowest BCUT2D eigenvalue weighted by molar-refractivity contribution is -0.161. The Morgan fingerprint density at radius 3 is 0.680 bits per heavy atom. The van der Waals surface area contributed by atoms with Crippen LogP contribution < -0.4 is 0 Å². The molecule has 0 saturated heterocycles. The third-order valence-electron chi connectivity index (χ3n) is 19.0. The first kappa shape index (κ1) is 98.1. The van der Waals surface area contributed by atoms with Crippen LogP contribution in [0.15, 0.2) is 0 Å². The summed E-state index contributed by atoms with van der Waals surface area (Å²) in [5.74, 6) is -0.540. The van der Waals surface area contributed by atoms with Gasteiger partial charge in [0.15, 0.2) is 12.2 Å². The van der Waals surface area contributed by atoms with E-state index in [-0.39, 0.29) is 25.7 Å². The normalized spacial score (nSPS) is 13.9. The van der Waals surface area contributed by atoms with E-state index >= 15 is 0 Å². The fourth-order valence-electron chi connectivity index (χ4n) is 12.5. The standard InChI is InChI=1S/C81H158O17P2/c1-7-9-11-13-15-17-19-20-21-22-23-26-29-34-40-46-52-58-64-79(84)92-70-77(97-80(85)65-59-53-47-41-35-30-27-24-25-28-32-37-43-49-55-61-73(3)4)72-96-100(89,90)94-68-75(82)67-93-99(87,88)95-71-76(69-91-78(83)63-57-51-45-39-18-16-14-12-10-8-2)98-81(86)66-60-54-48-42-36-31-33-38-44-50-56-62-74(5)6/h73-77,82H,7-72H2,1-6H3,(H,87,88)(H,89,90)/t75-,76+,77+/m0/s1. The maximum Gasteiger partial charge on any atom is 0.472 e. The highest BCUT2D eigenvalue weighted by molar-refractivity contribution is 7.47. The van der Waals surface area contributed by atoms with E-state index in [1.54, 1.807) is 0 Å². The highest BCUT2D eigenvalue weighted by atomic mass is 31.2. The van der Waals surface area contributed by atoms with Crippen molar-refractivity contribution in [3.63, 3.8) is 0 Å².